The van der Waals surface area contributed by atoms with Crippen LogP contribution in [0.2, 0.25) is 10.0 Å². The van der Waals surface area contributed by atoms with E-state index in [4.69, 9.17) is 23.2 Å². The molecule has 1 aromatic heterocycles. The quantitative estimate of drug-likeness (QED) is 0.847. The van der Waals surface area contributed by atoms with Crippen molar-refractivity contribution in [1.29, 1.82) is 0 Å². The van der Waals surface area contributed by atoms with Crippen molar-refractivity contribution in [1.82, 2.24) is 20.0 Å². The molecule has 27 heavy (non-hydrogen) atoms. The lowest BCUT2D eigenvalue weighted by Crippen LogP contribution is -2.31. The van der Waals surface area contributed by atoms with Gasteiger partial charge >= 0.3 is 0 Å². The van der Waals surface area contributed by atoms with Gasteiger partial charge in [-0.2, -0.15) is 5.10 Å². The highest BCUT2D eigenvalue weighted by Gasteiger charge is 2.29. The Labute approximate surface area is 167 Å². The molecule has 0 saturated heterocycles. The molecule has 138 valence electrons. The van der Waals surface area contributed by atoms with E-state index in [2.05, 4.69) is 59.5 Å². The number of allylic oxidation sites excluding steroid dienone is 3. The maximum atomic E-state index is 12.5. The minimum atomic E-state index is -0.401. The zero-order chi connectivity index (χ0) is 19.1. The first-order valence-electron chi connectivity index (χ1n) is 8.57. The second kappa shape index (κ2) is 6.91. The fourth-order valence-corrected chi connectivity index (χ4v) is 3.48. The number of aromatic nitrogens is 2. The molecule has 7 heteroatoms. The summed E-state index contributed by atoms with van der Waals surface area (Å²) in [5.74, 6) is 0.985. The Kier molecular flexibility index (Phi) is 4.58. The van der Waals surface area contributed by atoms with Gasteiger partial charge in [-0.05, 0) is 25.5 Å². The molecular formula is C20H18Cl2N4O. The lowest BCUT2D eigenvalue weighted by Gasteiger charge is -2.26. The van der Waals surface area contributed by atoms with Gasteiger partial charge in [-0.3, -0.25) is 4.79 Å². The van der Waals surface area contributed by atoms with Gasteiger partial charge in [-0.1, -0.05) is 64.7 Å². The van der Waals surface area contributed by atoms with Crippen LogP contribution in [-0.2, 0) is 6.54 Å². The molecule has 1 aromatic carbocycles. The third kappa shape index (κ3) is 3.29. The Morgan fingerprint density at radius 1 is 1.15 bits per heavy atom. The zero-order valence-electron chi connectivity index (χ0n) is 15.0. The van der Waals surface area contributed by atoms with E-state index in [0.717, 1.165) is 29.3 Å². The van der Waals surface area contributed by atoms with Crippen LogP contribution in [0.15, 0.2) is 64.5 Å². The Morgan fingerprint density at radius 2 is 1.89 bits per heavy atom. The molecule has 0 bridgehead atoms. The average molecular weight is 401 g/mol. The summed E-state index contributed by atoms with van der Waals surface area (Å²) in [6.45, 7) is 5.17. The summed E-state index contributed by atoms with van der Waals surface area (Å²) >= 11 is 11.9. The van der Waals surface area contributed by atoms with E-state index in [9.17, 15) is 4.79 Å². The molecule has 0 saturated carbocycles. The lowest BCUT2D eigenvalue weighted by molar-refractivity contribution is 0.422. The minimum absolute atomic E-state index is 0.0133. The van der Waals surface area contributed by atoms with Crippen LogP contribution in [0, 0.1) is 6.92 Å². The second-order valence-corrected chi connectivity index (χ2v) is 7.52. The van der Waals surface area contributed by atoms with Crippen molar-refractivity contribution >= 4 is 28.9 Å². The van der Waals surface area contributed by atoms with Gasteiger partial charge in [0.15, 0.2) is 0 Å². The molecule has 0 aliphatic carbocycles. The molecule has 0 atom stereocenters. The number of nitrogens with one attached hydrogen (secondary N) is 1. The Hall–Kier alpha value is -2.50. The van der Waals surface area contributed by atoms with Gasteiger partial charge in [0.25, 0.3) is 5.56 Å². The molecule has 1 N–H and O–H groups in total. The molecular weight excluding hydrogens is 383 g/mol. The number of benzene rings is 1. The van der Waals surface area contributed by atoms with Crippen molar-refractivity contribution in [2.45, 2.75) is 20.4 Å². The Balaban J connectivity index is 1.81. The van der Waals surface area contributed by atoms with Crippen molar-refractivity contribution < 1.29 is 0 Å². The second-order valence-electron chi connectivity index (χ2n) is 6.73. The summed E-state index contributed by atoms with van der Waals surface area (Å²) in [6.07, 6.45) is 5.54. The van der Waals surface area contributed by atoms with Crippen LogP contribution < -0.4 is 10.9 Å². The highest BCUT2D eigenvalue weighted by Crippen LogP contribution is 2.33. The summed E-state index contributed by atoms with van der Waals surface area (Å²) in [6, 6.07) is 8.28. The smallest absolute Gasteiger partial charge is 0.287 e. The molecule has 0 fully saturated rings. The lowest BCUT2D eigenvalue weighted by atomic mass is 10.1. The molecule has 5 nitrogen and oxygen atoms in total. The van der Waals surface area contributed by atoms with Gasteiger partial charge in [0.2, 0.25) is 0 Å². The van der Waals surface area contributed by atoms with Crippen LogP contribution in [0.1, 0.15) is 18.1 Å². The molecule has 4 rings (SSSR count). The van der Waals surface area contributed by atoms with Gasteiger partial charge in [-0.25, -0.2) is 4.68 Å². The van der Waals surface area contributed by atoms with E-state index in [1.54, 1.807) is 0 Å². The normalized spacial score (nSPS) is 16.1. The third-order valence-electron chi connectivity index (χ3n) is 4.67. The van der Waals surface area contributed by atoms with Gasteiger partial charge in [0, 0.05) is 6.54 Å². The standard InChI is InChI=1S/C20H18Cl2N4O/c1-12-3-6-14(7-4-12)19-16(25-10-13(2)5-8-17(25)24-19)11-26-20(27)18(22)15(21)9-23-26/h3-9,24H,10-11H2,1-2H3. The molecule has 2 aliphatic rings. The maximum Gasteiger partial charge on any atom is 0.287 e. The molecule has 2 aromatic rings. The Bertz CT molecular complexity index is 1060. The third-order valence-corrected chi connectivity index (χ3v) is 5.42. The molecule has 0 unspecified atom stereocenters. The van der Waals surface area contributed by atoms with Crippen molar-refractivity contribution in [3.63, 3.8) is 0 Å². The van der Waals surface area contributed by atoms with Crippen LogP contribution in [0.5, 0.6) is 0 Å². The minimum Gasteiger partial charge on any atom is -0.340 e. The number of rotatable bonds is 3. The van der Waals surface area contributed by atoms with Crippen LogP contribution in [0.25, 0.3) is 5.70 Å². The molecule has 3 heterocycles. The molecule has 2 aliphatic heterocycles. The molecule has 0 spiro atoms. The van der Waals surface area contributed by atoms with Crippen LogP contribution in [-0.4, -0.2) is 21.2 Å². The zero-order valence-corrected chi connectivity index (χ0v) is 16.5. The molecule has 0 radical (unpaired) electrons. The summed E-state index contributed by atoms with van der Waals surface area (Å²) in [5, 5.41) is 7.80. The van der Waals surface area contributed by atoms with E-state index in [1.807, 2.05) is 6.08 Å². The van der Waals surface area contributed by atoms with Crippen LogP contribution in [0.3, 0.4) is 0 Å². The fraction of sp³-hybridized carbons (Fsp3) is 0.200. The number of hydrogen-bond acceptors (Lipinski definition) is 4. The van der Waals surface area contributed by atoms with Crippen LogP contribution in [0.4, 0.5) is 0 Å². The summed E-state index contributed by atoms with van der Waals surface area (Å²) in [5.41, 5.74) is 5.00. The first-order valence-corrected chi connectivity index (χ1v) is 9.33. The highest BCUT2D eigenvalue weighted by atomic mass is 35.5. The SMILES string of the molecule is CC1=CC=C2NC(c3ccc(C)cc3)=C(Cn3ncc(Cl)c(Cl)c3=O)N2C1. The van der Waals surface area contributed by atoms with E-state index in [-0.39, 0.29) is 16.6 Å². The predicted octanol–water partition coefficient (Wildman–Crippen LogP) is 3.93. The van der Waals surface area contributed by atoms with Crippen LogP contribution >= 0.6 is 23.2 Å². The van der Waals surface area contributed by atoms with E-state index in [1.165, 1.54) is 22.0 Å². The van der Waals surface area contributed by atoms with Gasteiger partial charge in [0.1, 0.15) is 10.8 Å². The van der Waals surface area contributed by atoms with Gasteiger partial charge < -0.3 is 10.2 Å². The first kappa shape index (κ1) is 17.9. The largest absolute Gasteiger partial charge is 0.340 e. The van der Waals surface area contributed by atoms with Crippen molar-refractivity contribution in [2.24, 2.45) is 0 Å². The van der Waals surface area contributed by atoms with Crippen molar-refractivity contribution in [3.8, 4) is 0 Å². The van der Waals surface area contributed by atoms with Gasteiger partial charge in [-0.15, -0.1) is 0 Å². The topological polar surface area (TPSA) is 50.2 Å². The monoisotopic (exact) mass is 400 g/mol. The number of nitrogens with zero attached hydrogens (tertiary/aromatic N) is 3. The molecule has 0 amide bonds. The summed E-state index contributed by atoms with van der Waals surface area (Å²) in [4.78, 5) is 14.7. The highest BCUT2D eigenvalue weighted by molar-refractivity contribution is 6.41. The average Bonchev–Trinajstić information content (AvgIpc) is 3.00. The number of fused-ring (bicyclic) bond motifs is 1. The van der Waals surface area contributed by atoms with Gasteiger partial charge in [0.05, 0.1) is 29.2 Å². The maximum absolute atomic E-state index is 12.5. The van der Waals surface area contributed by atoms with E-state index < -0.39 is 5.56 Å². The van der Waals surface area contributed by atoms with Crippen molar-refractivity contribution in [3.05, 3.63) is 91.2 Å². The summed E-state index contributed by atoms with van der Waals surface area (Å²) in [7, 11) is 0. The number of aryl methyl sites for hydroxylation is 1. The first-order chi connectivity index (χ1) is 12.9. The van der Waals surface area contributed by atoms with E-state index >= 15 is 0 Å². The van der Waals surface area contributed by atoms with Crippen molar-refractivity contribution in [2.75, 3.05) is 6.54 Å². The van der Waals surface area contributed by atoms with E-state index in [0.29, 0.717) is 0 Å². The predicted molar refractivity (Wildman–Crippen MR) is 108 cm³/mol. The summed E-state index contributed by atoms with van der Waals surface area (Å²) < 4.78 is 1.34. The number of hydrogen-bond donors (Lipinski definition) is 1. The number of halogens is 2. The Morgan fingerprint density at radius 3 is 2.63 bits per heavy atom. The fourth-order valence-electron chi connectivity index (χ4n) is 3.21.